The standard InChI is InChI=1S/C20H19Cl2N3O2S/c1-27-14-5-7-17-18(10-14)28-20(24-17)25-8-2-3-12(11-25)19(26)23-13-4-6-15(21)16(22)9-13/h4-7,9-10,12H,2-3,8,11H2,1H3,(H,23,26). The van der Waals surface area contributed by atoms with Gasteiger partial charge in [-0.15, -0.1) is 0 Å². The summed E-state index contributed by atoms with van der Waals surface area (Å²) in [6, 6.07) is 11.0. The summed E-state index contributed by atoms with van der Waals surface area (Å²) in [5, 5.41) is 4.79. The summed E-state index contributed by atoms with van der Waals surface area (Å²) in [4.78, 5) is 19.7. The molecule has 0 radical (unpaired) electrons. The molecule has 1 aliphatic rings. The topological polar surface area (TPSA) is 54.5 Å². The Bertz CT molecular complexity index is 1020. The third-order valence-corrected chi connectivity index (χ3v) is 6.65. The molecule has 1 amide bonds. The van der Waals surface area contributed by atoms with Crippen LogP contribution in [0.15, 0.2) is 36.4 Å². The molecule has 8 heteroatoms. The van der Waals surface area contributed by atoms with Crippen molar-refractivity contribution in [1.82, 2.24) is 4.98 Å². The van der Waals surface area contributed by atoms with Crippen molar-refractivity contribution >= 4 is 61.5 Å². The minimum Gasteiger partial charge on any atom is -0.497 e. The number of amides is 1. The molecule has 2 heterocycles. The molecule has 1 N–H and O–H groups in total. The zero-order chi connectivity index (χ0) is 19.7. The molecule has 1 saturated heterocycles. The first-order valence-corrected chi connectivity index (χ1v) is 10.6. The molecule has 146 valence electrons. The van der Waals surface area contributed by atoms with E-state index in [1.807, 2.05) is 18.2 Å². The lowest BCUT2D eigenvalue weighted by Gasteiger charge is -2.31. The van der Waals surface area contributed by atoms with Crippen LogP contribution in [-0.4, -0.2) is 31.1 Å². The molecule has 0 bridgehead atoms. The van der Waals surface area contributed by atoms with Gasteiger partial charge in [0.1, 0.15) is 5.75 Å². The van der Waals surface area contributed by atoms with Crippen LogP contribution in [0.2, 0.25) is 10.0 Å². The number of aromatic nitrogens is 1. The minimum atomic E-state index is -0.107. The number of ether oxygens (including phenoxy) is 1. The van der Waals surface area contributed by atoms with Crippen molar-refractivity contribution in [2.24, 2.45) is 5.92 Å². The highest BCUT2D eigenvalue weighted by atomic mass is 35.5. The second kappa shape index (κ2) is 8.15. The van der Waals surface area contributed by atoms with E-state index in [0.29, 0.717) is 22.3 Å². The predicted octanol–water partition coefficient (Wildman–Crippen LogP) is 5.47. The number of nitrogens with one attached hydrogen (secondary N) is 1. The van der Waals surface area contributed by atoms with Crippen LogP contribution < -0.4 is 15.0 Å². The summed E-state index contributed by atoms with van der Waals surface area (Å²) < 4.78 is 6.37. The van der Waals surface area contributed by atoms with E-state index in [0.717, 1.165) is 40.5 Å². The van der Waals surface area contributed by atoms with Gasteiger partial charge in [0.2, 0.25) is 5.91 Å². The number of benzene rings is 2. The van der Waals surface area contributed by atoms with Crippen molar-refractivity contribution in [1.29, 1.82) is 0 Å². The van der Waals surface area contributed by atoms with Gasteiger partial charge in [-0.25, -0.2) is 4.98 Å². The van der Waals surface area contributed by atoms with Gasteiger partial charge >= 0.3 is 0 Å². The zero-order valence-corrected chi connectivity index (χ0v) is 17.6. The number of halogens is 2. The van der Waals surface area contributed by atoms with Gasteiger partial charge in [0.05, 0.1) is 33.3 Å². The average Bonchev–Trinajstić information content (AvgIpc) is 3.14. The molecule has 0 saturated carbocycles. The number of hydrogen-bond donors (Lipinski definition) is 1. The third-order valence-electron chi connectivity index (χ3n) is 4.83. The number of carbonyl (C=O) groups is 1. The fourth-order valence-corrected chi connectivity index (χ4v) is 4.67. The van der Waals surface area contributed by atoms with Crippen LogP contribution >= 0.6 is 34.5 Å². The van der Waals surface area contributed by atoms with Crippen LogP contribution in [-0.2, 0) is 4.79 Å². The summed E-state index contributed by atoms with van der Waals surface area (Å²) in [7, 11) is 1.66. The van der Waals surface area contributed by atoms with Crippen LogP contribution in [0.1, 0.15) is 12.8 Å². The van der Waals surface area contributed by atoms with E-state index < -0.39 is 0 Å². The smallest absolute Gasteiger partial charge is 0.229 e. The Kier molecular flexibility index (Phi) is 5.62. The molecule has 0 spiro atoms. The monoisotopic (exact) mass is 435 g/mol. The van der Waals surface area contributed by atoms with Crippen molar-refractivity contribution in [2.45, 2.75) is 12.8 Å². The molecule has 4 rings (SSSR count). The van der Waals surface area contributed by atoms with Gasteiger partial charge in [-0.2, -0.15) is 0 Å². The maximum atomic E-state index is 12.7. The number of thiazole rings is 1. The molecule has 1 unspecified atom stereocenters. The summed E-state index contributed by atoms with van der Waals surface area (Å²) in [5.74, 6) is 0.704. The largest absolute Gasteiger partial charge is 0.497 e. The van der Waals surface area contributed by atoms with Crippen molar-refractivity contribution in [3.8, 4) is 5.75 Å². The van der Waals surface area contributed by atoms with Gasteiger partial charge in [-0.1, -0.05) is 34.5 Å². The van der Waals surface area contributed by atoms with E-state index in [1.54, 1.807) is 36.6 Å². The van der Waals surface area contributed by atoms with E-state index >= 15 is 0 Å². The molecule has 2 aromatic carbocycles. The number of anilines is 2. The van der Waals surface area contributed by atoms with Gasteiger partial charge in [-0.3, -0.25) is 4.79 Å². The number of carbonyl (C=O) groups excluding carboxylic acids is 1. The molecule has 1 aromatic heterocycles. The van der Waals surface area contributed by atoms with Crippen molar-refractivity contribution < 1.29 is 9.53 Å². The molecule has 1 atom stereocenters. The average molecular weight is 436 g/mol. The van der Waals surface area contributed by atoms with Crippen LogP contribution in [0, 0.1) is 5.92 Å². The number of methoxy groups -OCH3 is 1. The quantitative estimate of drug-likeness (QED) is 0.590. The second-order valence-electron chi connectivity index (χ2n) is 6.73. The maximum absolute atomic E-state index is 12.7. The number of piperidine rings is 1. The van der Waals surface area contributed by atoms with Crippen LogP contribution in [0.5, 0.6) is 5.75 Å². The minimum absolute atomic E-state index is 0.00845. The maximum Gasteiger partial charge on any atom is 0.229 e. The van der Waals surface area contributed by atoms with Gasteiger partial charge in [0.25, 0.3) is 0 Å². The predicted molar refractivity (Wildman–Crippen MR) is 116 cm³/mol. The summed E-state index contributed by atoms with van der Waals surface area (Å²) >= 11 is 13.6. The Morgan fingerprint density at radius 2 is 2.11 bits per heavy atom. The molecular weight excluding hydrogens is 417 g/mol. The number of fused-ring (bicyclic) bond motifs is 1. The summed E-state index contributed by atoms with van der Waals surface area (Å²) in [6.45, 7) is 1.54. The van der Waals surface area contributed by atoms with Crippen molar-refractivity contribution in [2.75, 3.05) is 30.4 Å². The van der Waals surface area contributed by atoms with Crippen molar-refractivity contribution in [3.05, 3.63) is 46.4 Å². The molecule has 1 aliphatic heterocycles. The highest BCUT2D eigenvalue weighted by Gasteiger charge is 2.27. The molecule has 28 heavy (non-hydrogen) atoms. The molecule has 5 nitrogen and oxygen atoms in total. The SMILES string of the molecule is COc1ccc2nc(N3CCCC(C(=O)Nc4ccc(Cl)c(Cl)c4)C3)sc2c1. The fraction of sp³-hybridized carbons (Fsp3) is 0.300. The molecular formula is C20H19Cl2N3O2S. The Labute approximate surface area is 177 Å². The van der Waals surface area contributed by atoms with E-state index in [9.17, 15) is 4.79 Å². The first-order chi connectivity index (χ1) is 13.5. The van der Waals surface area contributed by atoms with Gasteiger partial charge in [-0.05, 0) is 49.2 Å². The van der Waals surface area contributed by atoms with E-state index in [-0.39, 0.29) is 11.8 Å². The van der Waals surface area contributed by atoms with Gasteiger partial charge in [0, 0.05) is 18.8 Å². The number of rotatable bonds is 4. The Morgan fingerprint density at radius 3 is 2.89 bits per heavy atom. The highest BCUT2D eigenvalue weighted by Crippen LogP contribution is 2.34. The lowest BCUT2D eigenvalue weighted by Crippen LogP contribution is -2.40. The third kappa shape index (κ3) is 4.04. The van der Waals surface area contributed by atoms with E-state index in [2.05, 4.69) is 10.2 Å². The Balaban J connectivity index is 1.47. The lowest BCUT2D eigenvalue weighted by atomic mass is 9.97. The Hall–Kier alpha value is -2.02. The first kappa shape index (κ1) is 19.3. The highest BCUT2D eigenvalue weighted by molar-refractivity contribution is 7.22. The molecule has 0 aliphatic carbocycles. The summed E-state index contributed by atoms with van der Waals surface area (Å²) in [5.41, 5.74) is 1.60. The first-order valence-electron chi connectivity index (χ1n) is 8.99. The molecule has 3 aromatic rings. The lowest BCUT2D eigenvalue weighted by molar-refractivity contribution is -0.120. The van der Waals surface area contributed by atoms with Crippen molar-refractivity contribution in [3.63, 3.8) is 0 Å². The van der Waals surface area contributed by atoms with E-state index in [1.165, 1.54) is 0 Å². The van der Waals surface area contributed by atoms with Crippen LogP contribution in [0.25, 0.3) is 10.2 Å². The summed E-state index contributed by atoms with van der Waals surface area (Å²) in [6.07, 6.45) is 1.79. The number of hydrogen-bond acceptors (Lipinski definition) is 5. The number of nitrogens with zero attached hydrogens (tertiary/aromatic N) is 2. The van der Waals surface area contributed by atoms with Gasteiger partial charge < -0.3 is 15.0 Å². The van der Waals surface area contributed by atoms with Gasteiger partial charge in [0.15, 0.2) is 5.13 Å². The normalized spacial score (nSPS) is 17.0. The Morgan fingerprint density at radius 1 is 1.25 bits per heavy atom. The van der Waals surface area contributed by atoms with E-state index in [4.69, 9.17) is 32.9 Å². The zero-order valence-electron chi connectivity index (χ0n) is 15.2. The van der Waals surface area contributed by atoms with Crippen LogP contribution in [0.3, 0.4) is 0 Å². The second-order valence-corrected chi connectivity index (χ2v) is 8.56. The fourth-order valence-electron chi connectivity index (χ4n) is 3.34. The van der Waals surface area contributed by atoms with Crippen LogP contribution in [0.4, 0.5) is 10.8 Å². The molecule has 1 fully saturated rings.